The largest absolute Gasteiger partial charge is 0.480 e. The third-order valence-corrected chi connectivity index (χ3v) is 4.15. The van der Waals surface area contributed by atoms with Crippen molar-refractivity contribution in [1.82, 2.24) is 9.96 Å². The molecule has 18 heavy (non-hydrogen) atoms. The lowest BCUT2D eigenvalue weighted by molar-refractivity contribution is -0.197. The van der Waals surface area contributed by atoms with Gasteiger partial charge in [0.1, 0.15) is 0 Å². The highest BCUT2D eigenvalue weighted by atomic mass is 16.5. The second-order valence-electron chi connectivity index (χ2n) is 6.40. The molecule has 0 aromatic rings. The summed E-state index contributed by atoms with van der Waals surface area (Å²) >= 11 is 0. The van der Waals surface area contributed by atoms with Crippen molar-refractivity contribution < 1.29 is 15.1 Å². The summed E-state index contributed by atoms with van der Waals surface area (Å²) in [6.07, 6.45) is 0.868. The van der Waals surface area contributed by atoms with Crippen LogP contribution in [0.15, 0.2) is 0 Å². The van der Waals surface area contributed by atoms with Crippen molar-refractivity contribution in [2.45, 2.75) is 52.1 Å². The number of aliphatic carboxylic acids is 1. The molecule has 2 N–H and O–H groups in total. The van der Waals surface area contributed by atoms with E-state index in [4.69, 9.17) is 5.11 Å². The van der Waals surface area contributed by atoms with Gasteiger partial charge in [-0.05, 0) is 46.6 Å². The topological polar surface area (TPSA) is 64.0 Å². The van der Waals surface area contributed by atoms with Gasteiger partial charge in [0.15, 0.2) is 0 Å². The van der Waals surface area contributed by atoms with Crippen LogP contribution in [0.2, 0.25) is 0 Å². The van der Waals surface area contributed by atoms with Gasteiger partial charge in [-0.2, -0.15) is 5.06 Å². The fraction of sp³-hybridized carbons (Fsp3) is 0.923. The number of hydrogen-bond donors (Lipinski definition) is 2. The third-order valence-electron chi connectivity index (χ3n) is 4.15. The van der Waals surface area contributed by atoms with Crippen LogP contribution in [0.3, 0.4) is 0 Å². The zero-order valence-electron chi connectivity index (χ0n) is 12.1. The monoisotopic (exact) mass is 258 g/mol. The highest BCUT2D eigenvalue weighted by Gasteiger charge is 2.51. The van der Waals surface area contributed by atoms with Crippen molar-refractivity contribution >= 4 is 5.97 Å². The van der Waals surface area contributed by atoms with Gasteiger partial charge in [0.25, 0.3) is 0 Å². The van der Waals surface area contributed by atoms with Crippen LogP contribution in [-0.4, -0.2) is 57.0 Å². The lowest BCUT2D eigenvalue weighted by atomic mass is 9.86. The average Bonchev–Trinajstić information content (AvgIpc) is 2.38. The van der Waals surface area contributed by atoms with Gasteiger partial charge in [-0.25, -0.2) is 0 Å². The average molecular weight is 258 g/mol. The Labute approximate surface area is 109 Å². The number of likely N-dealkylation sites (N-methyl/N-ethyl adjacent to an activating group) is 1. The maximum Gasteiger partial charge on any atom is 0.317 e. The number of hydrogen-bond acceptors (Lipinski definition) is 4. The van der Waals surface area contributed by atoms with Gasteiger partial charge >= 0.3 is 5.97 Å². The van der Waals surface area contributed by atoms with E-state index < -0.39 is 5.97 Å². The Hall–Kier alpha value is -0.650. The second kappa shape index (κ2) is 5.15. The van der Waals surface area contributed by atoms with Crippen LogP contribution in [0.1, 0.15) is 41.0 Å². The van der Waals surface area contributed by atoms with Crippen LogP contribution in [-0.2, 0) is 4.79 Å². The summed E-state index contributed by atoms with van der Waals surface area (Å²) in [5, 5.41) is 20.5. The lowest BCUT2D eigenvalue weighted by Crippen LogP contribution is -2.49. The molecule has 1 unspecified atom stereocenters. The van der Waals surface area contributed by atoms with Gasteiger partial charge in [-0.15, -0.1) is 0 Å². The SMILES string of the molecule is CCN(CC(=O)O)CC1CC(C)(C)N(O)C1(C)C. The van der Waals surface area contributed by atoms with E-state index in [2.05, 4.69) is 0 Å². The predicted molar refractivity (Wildman–Crippen MR) is 69.6 cm³/mol. The summed E-state index contributed by atoms with van der Waals surface area (Å²) in [6, 6.07) is 0. The second-order valence-corrected chi connectivity index (χ2v) is 6.40. The molecule has 106 valence electrons. The van der Waals surface area contributed by atoms with Gasteiger partial charge in [0.05, 0.1) is 6.54 Å². The molecular formula is C13H26N2O3. The van der Waals surface area contributed by atoms with Crippen molar-refractivity contribution in [3.05, 3.63) is 0 Å². The first-order valence-corrected chi connectivity index (χ1v) is 6.54. The number of nitrogens with zero attached hydrogens (tertiary/aromatic N) is 2. The molecule has 1 fully saturated rings. The number of carboxylic acids is 1. The molecule has 0 bridgehead atoms. The molecule has 5 heteroatoms. The molecule has 5 nitrogen and oxygen atoms in total. The molecular weight excluding hydrogens is 232 g/mol. The Balaban J connectivity index is 2.75. The summed E-state index contributed by atoms with van der Waals surface area (Å²) < 4.78 is 0. The van der Waals surface area contributed by atoms with Crippen molar-refractivity contribution in [2.24, 2.45) is 5.92 Å². The van der Waals surface area contributed by atoms with Crippen molar-refractivity contribution in [3.8, 4) is 0 Å². The summed E-state index contributed by atoms with van der Waals surface area (Å²) in [4.78, 5) is 12.7. The Bertz CT molecular complexity index is 315. The van der Waals surface area contributed by atoms with E-state index in [1.54, 1.807) is 0 Å². The van der Waals surface area contributed by atoms with Crippen LogP contribution >= 0.6 is 0 Å². The first kappa shape index (κ1) is 15.4. The van der Waals surface area contributed by atoms with E-state index in [9.17, 15) is 10.0 Å². The quantitative estimate of drug-likeness (QED) is 0.785. The van der Waals surface area contributed by atoms with Crippen molar-refractivity contribution in [1.29, 1.82) is 0 Å². The predicted octanol–water partition coefficient (Wildman–Crippen LogP) is 1.66. The van der Waals surface area contributed by atoms with Gasteiger partial charge < -0.3 is 10.3 Å². The highest BCUT2D eigenvalue weighted by Crippen LogP contribution is 2.43. The summed E-state index contributed by atoms with van der Waals surface area (Å²) in [6.45, 7) is 11.5. The van der Waals surface area contributed by atoms with E-state index in [0.29, 0.717) is 13.1 Å². The van der Waals surface area contributed by atoms with Crippen LogP contribution in [0, 0.1) is 5.92 Å². The summed E-state index contributed by atoms with van der Waals surface area (Å²) in [7, 11) is 0. The van der Waals surface area contributed by atoms with E-state index in [-0.39, 0.29) is 23.5 Å². The smallest absolute Gasteiger partial charge is 0.317 e. The number of rotatable bonds is 5. The zero-order valence-corrected chi connectivity index (χ0v) is 12.1. The number of carboxylic acid groups (broad SMARTS) is 1. The summed E-state index contributed by atoms with van der Waals surface area (Å²) in [5.41, 5.74) is -0.577. The molecule has 1 aliphatic rings. The summed E-state index contributed by atoms with van der Waals surface area (Å²) in [5.74, 6) is -0.537. The highest BCUT2D eigenvalue weighted by molar-refractivity contribution is 5.69. The first-order chi connectivity index (χ1) is 8.11. The molecule has 0 aromatic carbocycles. The van der Waals surface area contributed by atoms with Crippen LogP contribution in [0.25, 0.3) is 0 Å². The molecule has 1 atom stereocenters. The maximum absolute atomic E-state index is 10.8. The van der Waals surface area contributed by atoms with Crippen LogP contribution in [0.4, 0.5) is 0 Å². The Morgan fingerprint density at radius 2 is 1.94 bits per heavy atom. The zero-order chi connectivity index (χ0) is 14.1. The third kappa shape index (κ3) is 3.02. The normalized spacial score (nSPS) is 26.7. The standard InChI is InChI=1S/C13H26N2O3/c1-6-14(9-11(16)17)8-10-7-12(2,3)15(18)13(10,4)5/h10,18H,6-9H2,1-5H3,(H,16,17). The number of carbonyl (C=O) groups is 1. The van der Waals surface area contributed by atoms with Crippen LogP contribution < -0.4 is 0 Å². The van der Waals surface area contributed by atoms with Crippen molar-refractivity contribution in [3.63, 3.8) is 0 Å². The minimum Gasteiger partial charge on any atom is -0.480 e. The molecule has 0 saturated carbocycles. The molecule has 0 aromatic heterocycles. The Kier molecular flexibility index (Phi) is 4.41. The molecule has 0 aliphatic carbocycles. The fourth-order valence-corrected chi connectivity index (χ4v) is 2.99. The lowest BCUT2D eigenvalue weighted by Gasteiger charge is -2.37. The van der Waals surface area contributed by atoms with Gasteiger partial charge in [-0.3, -0.25) is 9.69 Å². The van der Waals surface area contributed by atoms with E-state index in [1.807, 2.05) is 39.5 Å². The Morgan fingerprint density at radius 1 is 1.39 bits per heavy atom. The minimum atomic E-state index is -0.798. The van der Waals surface area contributed by atoms with Crippen LogP contribution in [0.5, 0.6) is 0 Å². The van der Waals surface area contributed by atoms with Gasteiger partial charge in [0, 0.05) is 17.6 Å². The van der Waals surface area contributed by atoms with Crippen molar-refractivity contribution in [2.75, 3.05) is 19.6 Å². The Morgan fingerprint density at radius 3 is 2.28 bits per heavy atom. The van der Waals surface area contributed by atoms with E-state index in [0.717, 1.165) is 6.42 Å². The molecule has 1 aliphatic heterocycles. The molecule has 1 saturated heterocycles. The molecule has 1 rings (SSSR count). The molecule has 1 heterocycles. The van der Waals surface area contributed by atoms with Gasteiger partial charge in [-0.1, -0.05) is 6.92 Å². The number of hydroxylamine groups is 2. The molecule has 0 radical (unpaired) electrons. The van der Waals surface area contributed by atoms with E-state index >= 15 is 0 Å². The maximum atomic E-state index is 10.8. The fourth-order valence-electron chi connectivity index (χ4n) is 2.99. The minimum absolute atomic E-state index is 0.0644. The molecule has 0 amide bonds. The molecule has 0 spiro atoms. The first-order valence-electron chi connectivity index (χ1n) is 6.54. The van der Waals surface area contributed by atoms with Gasteiger partial charge in [0.2, 0.25) is 0 Å². The van der Waals surface area contributed by atoms with E-state index in [1.165, 1.54) is 5.06 Å².